The fraction of sp³-hybridized carbons (Fsp3) is 0.171. The van der Waals surface area contributed by atoms with E-state index in [0.717, 1.165) is 39.2 Å². The third kappa shape index (κ3) is 4.06. The Hall–Kier alpha value is -4.97. The van der Waals surface area contributed by atoms with E-state index < -0.39 is 0 Å². The van der Waals surface area contributed by atoms with Gasteiger partial charge >= 0.3 is 0 Å². The predicted molar refractivity (Wildman–Crippen MR) is 166 cm³/mol. The number of pyridine rings is 2. The van der Waals surface area contributed by atoms with Crippen molar-refractivity contribution in [1.29, 1.82) is 0 Å². The number of fused-ring (bicyclic) bond motifs is 4. The lowest BCUT2D eigenvalue weighted by molar-refractivity contribution is 0.668. The Bertz CT molecular complexity index is 2110. The molecule has 0 spiro atoms. The molecule has 6 heteroatoms. The normalized spacial score (nSPS) is 12.0. The number of hydrogen-bond acceptors (Lipinski definition) is 4. The highest BCUT2D eigenvalue weighted by Crippen LogP contribution is 2.38. The van der Waals surface area contributed by atoms with Crippen molar-refractivity contribution in [1.82, 2.24) is 19.5 Å². The number of H-pyrrole nitrogens is 1. The van der Waals surface area contributed by atoms with Crippen molar-refractivity contribution in [3.63, 3.8) is 0 Å². The third-order valence-electron chi connectivity index (χ3n) is 7.86. The lowest BCUT2D eigenvalue weighted by Gasteiger charge is -2.22. The van der Waals surface area contributed by atoms with Crippen LogP contribution >= 0.6 is 0 Å². The molecule has 0 saturated heterocycles. The number of hydrogen-bond donors (Lipinski definition) is 1. The maximum Gasteiger partial charge on any atom is 0.191 e. The van der Waals surface area contributed by atoms with Gasteiger partial charge in [-0.05, 0) is 58.7 Å². The summed E-state index contributed by atoms with van der Waals surface area (Å²) in [6, 6.07) is 23.9. The molecule has 4 heterocycles. The number of aromatic amines is 1. The van der Waals surface area contributed by atoms with Crippen molar-refractivity contribution < 1.29 is 4.42 Å². The minimum absolute atomic E-state index is 0.0726. The minimum atomic E-state index is -0.0726. The molecule has 0 aliphatic rings. The number of aromatic nitrogens is 4. The van der Waals surface area contributed by atoms with Crippen molar-refractivity contribution in [2.24, 2.45) is 0 Å². The zero-order valence-electron chi connectivity index (χ0n) is 23.5. The summed E-state index contributed by atoms with van der Waals surface area (Å²) in [5, 5.41) is 2.70. The number of imidazole rings is 1. The van der Waals surface area contributed by atoms with Crippen LogP contribution in [0.3, 0.4) is 0 Å². The van der Waals surface area contributed by atoms with Crippen LogP contribution in [0.1, 0.15) is 50.7 Å². The summed E-state index contributed by atoms with van der Waals surface area (Å²) < 4.78 is 8.20. The lowest BCUT2D eigenvalue weighted by Crippen LogP contribution is -2.08. The van der Waals surface area contributed by atoms with Crippen LogP contribution in [0.15, 0.2) is 101 Å². The highest BCUT2D eigenvalue weighted by molar-refractivity contribution is 6.03. The Balaban J connectivity index is 1.55. The van der Waals surface area contributed by atoms with Crippen LogP contribution in [0.2, 0.25) is 0 Å². The quantitative estimate of drug-likeness (QED) is 0.238. The van der Waals surface area contributed by atoms with Crippen LogP contribution in [-0.4, -0.2) is 19.5 Å². The van der Waals surface area contributed by atoms with E-state index in [0.29, 0.717) is 33.9 Å². The average Bonchev–Trinajstić information content (AvgIpc) is 3.58. The van der Waals surface area contributed by atoms with Gasteiger partial charge in [0.1, 0.15) is 17.1 Å². The van der Waals surface area contributed by atoms with Gasteiger partial charge in [0.15, 0.2) is 11.0 Å². The van der Waals surface area contributed by atoms with Gasteiger partial charge in [0.25, 0.3) is 0 Å². The molecule has 202 valence electrons. The summed E-state index contributed by atoms with van der Waals surface area (Å²) in [4.78, 5) is 25.9. The molecule has 0 aliphatic carbocycles. The first-order chi connectivity index (χ1) is 19.9. The van der Waals surface area contributed by atoms with Gasteiger partial charge in [0.05, 0.1) is 22.3 Å². The Morgan fingerprint density at radius 1 is 0.829 bits per heavy atom. The van der Waals surface area contributed by atoms with Gasteiger partial charge in [-0.25, -0.2) is 4.98 Å². The van der Waals surface area contributed by atoms with E-state index in [4.69, 9.17) is 9.40 Å². The molecule has 0 unspecified atom stereocenters. The average molecular weight is 539 g/mol. The Labute approximate surface area is 237 Å². The summed E-state index contributed by atoms with van der Waals surface area (Å²) in [5.41, 5.74) is 8.07. The first-order valence-electron chi connectivity index (χ1n) is 14.0. The van der Waals surface area contributed by atoms with Crippen molar-refractivity contribution in [3.8, 4) is 28.5 Å². The second-order valence-corrected chi connectivity index (χ2v) is 11.2. The molecule has 6 nitrogen and oxygen atoms in total. The van der Waals surface area contributed by atoms with Crippen molar-refractivity contribution >= 4 is 32.8 Å². The van der Waals surface area contributed by atoms with Crippen LogP contribution in [-0.2, 0) is 0 Å². The Morgan fingerprint density at radius 2 is 1.59 bits per heavy atom. The molecule has 0 aliphatic heterocycles. The molecule has 1 N–H and O–H groups in total. The van der Waals surface area contributed by atoms with Crippen LogP contribution in [0.25, 0.3) is 61.3 Å². The maximum atomic E-state index is 12.8. The van der Waals surface area contributed by atoms with Gasteiger partial charge < -0.3 is 9.40 Å². The fourth-order valence-electron chi connectivity index (χ4n) is 5.83. The second kappa shape index (κ2) is 9.59. The minimum Gasteiger partial charge on any atom is -0.454 e. The monoisotopic (exact) mass is 538 g/mol. The smallest absolute Gasteiger partial charge is 0.191 e. The van der Waals surface area contributed by atoms with Crippen LogP contribution in [0.5, 0.6) is 0 Å². The second-order valence-electron chi connectivity index (χ2n) is 11.2. The maximum absolute atomic E-state index is 12.8. The van der Waals surface area contributed by atoms with Gasteiger partial charge in [0.2, 0.25) is 0 Å². The van der Waals surface area contributed by atoms with E-state index in [2.05, 4.69) is 84.8 Å². The van der Waals surface area contributed by atoms with Gasteiger partial charge in [-0.3, -0.25) is 14.3 Å². The molecular formula is C35H30N4O2. The highest BCUT2D eigenvalue weighted by Gasteiger charge is 2.22. The third-order valence-corrected chi connectivity index (χ3v) is 7.86. The van der Waals surface area contributed by atoms with E-state index >= 15 is 0 Å². The Kier molecular flexibility index (Phi) is 5.86. The molecule has 7 aromatic rings. The topological polar surface area (TPSA) is 76.7 Å². The SMILES string of the molecule is CC(C)c1cccc(C(C)C)c1-n1cc(-c2ccc3oc4cccc(=O)c4c3[nH]2)nc1-c1cccc2ccncc12. The highest BCUT2D eigenvalue weighted by atomic mass is 16.3. The molecule has 0 radical (unpaired) electrons. The zero-order valence-corrected chi connectivity index (χ0v) is 23.5. The summed E-state index contributed by atoms with van der Waals surface area (Å²) in [6.45, 7) is 8.92. The van der Waals surface area contributed by atoms with E-state index in [1.165, 1.54) is 11.1 Å². The van der Waals surface area contributed by atoms with Crippen LogP contribution < -0.4 is 5.43 Å². The van der Waals surface area contributed by atoms with E-state index in [9.17, 15) is 4.79 Å². The van der Waals surface area contributed by atoms with Crippen molar-refractivity contribution in [3.05, 3.63) is 113 Å². The number of para-hydroxylation sites is 1. The molecule has 3 aromatic carbocycles. The zero-order chi connectivity index (χ0) is 28.2. The molecular weight excluding hydrogens is 508 g/mol. The van der Waals surface area contributed by atoms with Crippen LogP contribution in [0, 0.1) is 0 Å². The molecule has 0 saturated carbocycles. The molecule has 0 amide bonds. The van der Waals surface area contributed by atoms with Crippen molar-refractivity contribution in [2.45, 2.75) is 39.5 Å². The lowest BCUT2D eigenvalue weighted by atomic mass is 9.92. The molecule has 0 bridgehead atoms. The van der Waals surface area contributed by atoms with E-state index in [1.807, 2.05) is 36.7 Å². The van der Waals surface area contributed by atoms with Gasteiger partial charge in [0, 0.05) is 29.5 Å². The number of rotatable bonds is 5. The molecule has 41 heavy (non-hydrogen) atoms. The molecule has 0 atom stereocenters. The number of benzene rings is 3. The number of furan rings is 1. The van der Waals surface area contributed by atoms with Gasteiger partial charge in [-0.1, -0.05) is 70.2 Å². The predicted octanol–water partition coefficient (Wildman–Crippen LogP) is 8.59. The van der Waals surface area contributed by atoms with E-state index in [1.54, 1.807) is 12.1 Å². The number of nitrogens with one attached hydrogen (secondary N) is 1. The van der Waals surface area contributed by atoms with Crippen LogP contribution in [0.4, 0.5) is 0 Å². The van der Waals surface area contributed by atoms with Crippen molar-refractivity contribution in [2.75, 3.05) is 0 Å². The summed E-state index contributed by atoms with van der Waals surface area (Å²) in [6.07, 6.45) is 5.83. The molecule has 7 rings (SSSR count). The Morgan fingerprint density at radius 3 is 2.37 bits per heavy atom. The largest absolute Gasteiger partial charge is 0.454 e. The van der Waals surface area contributed by atoms with Gasteiger partial charge in [-0.2, -0.15) is 0 Å². The van der Waals surface area contributed by atoms with Gasteiger partial charge in [-0.15, -0.1) is 0 Å². The first kappa shape index (κ1) is 25.0. The molecule has 4 aromatic heterocycles. The summed E-state index contributed by atoms with van der Waals surface area (Å²) in [7, 11) is 0. The van der Waals surface area contributed by atoms with E-state index in [-0.39, 0.29) is 5.43 Å². The summed E-state index contributed by atoms with van der Waals surface area (Å²) >= 11 is 0. The number of nitrogens with zero attached hydrogens (tertiary/aromatic N) is 3. The standard InChI is InChI=1S/C35H30N4O2/c1-20(2)23-9-6-10-24(21(3)4)34(23)39-19-28(38-35(39)25-11-5-8-22-16-17-36-18-26(22)25)27-14-15-31-33(37-27)32-29(40)12-7-13-30(32)41-31/h5-21,37H,1-4H3. The fourth-order valence-corrected chi connectivity index (χ4v) is 5.83. The summed E-state index contributed by atoms with van der Waals surface area (Å²) in [5.74, 6) is 1.46. The first-order valence-corrected chi connectivity index (χ1v) is 14.0. The molecule has 0 fully saturated rings.